The molecule has 0 atom stereocenters. The summed E-state index contributed by atoms with van der Waals surface area (Å²) in [5.41, 5.74) is 8.26. The highest BCUT2D eigenvalue weighted by Gasteiger charge is 2.26. The van der Waals surface area contributed by atoms with E-state index in [1.54, 1.807) is 24.5 Å². The van der Waals surface area contributed by atoms with Crippen molar-refractivity contribution in [3.63, 3.8) is 0 Å². The summed E-state index contributed by atoms with van der Waals surface area (Å²) < 4.78 is 6.15. The van der Waals surface area contributed by atoms with Crippen LogP contribution in [0.25, 0.3) is 22.5 Å². The minimum Gasteiger partial charge on any atom is -0.506 e. The number of aromatic nitrogens is 1. The molecule has 0 aliphatic heterocycles. The molecule has 24 heavy (non-hydrogen) atoms. The highest BCUT2D eigenvalue weighted by molar-refractivity contribution is 6.32. The maximum Gasteiger partial charge on any atom is 0.142 e. The van der Waals surface area contributed by atoms with Gasteiger partial charge >= 0.3 is 0 Å². The Balaban J connectivity index is 2.21. The van der Waals surface area contributed by atoms with Crippen molar-refractivity contribution in [3.8, 4) is 28.2 Å². The molecule has 0 radical (unpaired) electrons. The van der Waals surface area contributed by atoms with Crippen molar-refractivity contribution < 1.29 is 9.52 Å². The smallest absolute Gasteiger partial charge is 0.142 e. The van der Waals surface area contributed by atoms with E-state index in [-0.39, 0.29) is 11.2 Å². The van der Waals surface area contributed by atoms with Crippen molar-refractivity contribution in [3.05, 3.63) is 59.6 Å². The highest BCUT2D eigenvalue weighted by Crippen LogP contribution is 2.40. The molecule has 0 bridgehead atoms. The molecule has 0 unspecified atom stereocenters. The maximum atomic E-state index is 9.93. The standard InChI is InChI=1S/C19H19ClN2O2/c1-19(2,11-21)17-10-14(12-5-7-22-8-6-12)18(24-17)13-3-4-15(20)16(23)9-13/h3-10,23H,11,21H2,1-2H3. The van der Waals surface area contributed by atoms with Gasteiger partial charge in [-0.1, -0.05) is 25.4 Å². The molecule has 124 valence electrons. The molecule has 0 aliphatic rings. The van der Waals surface area contributed by atoms with Crippen molar-refractivity contribution in [2.45, 2.75) is 19.3 Å². The van der Waals surface area contributed by atoms with Gasteiger partial charge in [-0.25, -0.2) is 0 Å². The van der Waals surface area contributed by atoms with Gasteiger partial charge in [-0.05, 0) is 42.0 Å². The monoisotopic (exact) mass is 342 g/mol. The van der Waals surface area contributed by atoms with Gasteiger partial charge in [0, 0.05) is 35.5 Å². The summed E-state index contributed by atoms with van der Waals surface area (Å²) in [4.78, 5) is 4.06. The summed E-state index contributed by atoms with van der Waals surface area (Å²) >= 11 is 5.92. The van der Waals surface area contributed by atoms with E-state index < -0.39 is 0 Å². The summed E-state index contributed by atoms with van der Waals surface area (Å²) in [7, 11) is 0. The van der Waals surface area contributed by atoms with E-state index in [4.69, 9.17) is 21.8 Å². The quantitative estimate of drug-likeness (QED) is 0.726. The third kappa shape index (κ3) is 3.03. The number of phenolic OH excluding ortho intramolecular Hbond substituents is 1. The van der Waals surface area contributed by atoms with Gasteiger partial charge in [-0.2, -0.15) is 0 Å². The highest BCUT2D eigenvalue weighted by atomic mass is 35.5. The fourth-order valence-electron chi connectivity index (χ4n) is 2.44. The van der Waals surface area contributed by atoms with Gasteiger partial charge in [0.05, 0.1) is 5.02 Å². The lowest BCUT2D eigenvalue weighted by atomic mass is 9.90. The number of rotatable bonds is 4. The van der Waals surface area contributed by atoms with E-state index in [9.17, 15) is 5.11 Å². The van der Waals surface area contributed by atoms with Crippen molar-refractivity contribution in [2.24, 2.45) is 5.73 Å². The third-order valence-corrected chi connectivity index (χ3v) is 4.43. The second-order valence-corrected chi connectivity index (χ2v) is 6.75. The number of pyridine rings is 1. The first kappa shape index (κ1) is 16.6. The van der Waals surface area contributed by atoms with Gasteiger partial charge in [-0.15, -0.1) is 0 Å². The Morgan fingerprint density at radius 2 is 1.83 bits per heavy atom. The lowest BCUT2D eigenvalue weighted by molar-refractivity contribution is 0.398. The molecule has 3 N–H and O–H groups in total. The first-order valence-corrected chi connectivity index (χ1v) is 8.04. The van der Waals surface area contributed by atoms with Gasteiger partial charge < -0.3 is 15.3 Å². The zero-order valence-corrected chi connectivity index (χ0v) is 14.3. The number of benzene rings is 1. The van der Waals surface area contributed by atoms with Crippen LogP contribution in [-0.4, -0.2) is 16.6 Å². The van der Waals surface area contributed by atoms with Crippen molar-refractivity contribution >= 4 is 11.6 Å². The summed E-state index contributed by atoms with van der Waals surface area (Å²) in [6.45, 7) is 4.53. The second-order valence-electron chi connectivity index (χ2n) is 6.34. The molecule has 5 heteroatoms. The van der Waals surface area contributed by atoms with Crippen LogP contribution >= 0.6 is 11.6 Å². The third-order valence-electron chi connectivity index (χ3n) is 4.11. The number of phenols is 1. The number of hydrogen-bond acceptors (Lipinski definition) is 4. The van der Waals surface area contributed by atoms with Gasteiger partial charge in [-0.3, -0.25) is 4.98 Å². The topological polar surface area (TPSA) is 72.3 Å². The number of halogens is 1. The average Bonchev–Trinajstić information content (AvgIpc) is 3.04. The number of aromatic hydroxyl groups is 1. The molecule has 4 nitrogen and oxygen atoms in total. The Bertz CT molecular complexity index is 857. The number of nitrogens with zero attached hydrogens (tertiary/aromatic N) is 1. The SMILES string of the molecule is CC(C)(CN)c1cc(-c2ccncc2)c(-c2ccc(Cl)c(O)c2)o1. The van der Waals surface area contributed by atoms with E-state index in [0.29, 0.717) is 17.3 Å². The lowest BCUT2D eigenvalue weighted by Crippen LogP contribution is -2.27. The second kappa shape index (κ2) is 6.30. The van der Waals surface area contributed by atoms with E-state index in [1.807, 2.05) is 38.1 Å². The predicted molar refractivity (Wildman–Crippen MR) is 96.1 cm³/mol. The fourth-order valence-corrected chi connectivity index (χ4v) is 2.56. The van der Waals surface area contributed by atoms with E-state index in [0.717, 1.165) is 22.5 Å². The van der Waals surface area contributed by atoms with Crippen LogP contribution in [0, 0.1) is 0 Å². The number of hydrogen-bond donors (Lipinski definition) is 2. The largest absolute Gasteiger partial charge is 0.506 e. The van der Waals surface area contributed by atoms with Crippen LogP contribution in [0.15, 0.2) is 53.2 Å². The van der Waals surface area contributed by atoms with E-state index >= 15 is 0 Å². The fraction of sp³-hybridized carbons (Fsp3) is 0.211. The first-order valence-electron chi connectivity index (χ1n) is 7.66. The molecule has 0 saturated heterocycles. The molecule has 2 heterocycles. The average molecular weight is 343 g/mol. The molecule has 1 aromatic carbocycles. The van der Waals surface area contributed by atoms with Crippen LogP contribution in [0.2, 0.25) is 5.02 Å². The van der Waals surface area contributed by atoms with Crippen LogP contribution in [0.5, 0.6) is 5.75 Å². The van der Waals surface area contributed by atoms with Crippen molar-refractivity contribution in [1.29, 1.82) is 0 Å². The molecular weight excluding hydrogens is 324 g/mol. The number of nitrogens with two attached hydrogens (primary N) is 1. The maximum absolute atomic E-state index is 9.93. The van der Waals surface area contributed by atoms with Crippen LogP contribution in [-0.2, 0) is 5.41 Å². The zero-order valence-electron chi connectivity index (χ0n) is 13.6. The Morgan fingerprint density at radius 1 is 1.12 bits per heavy atom. The summed E-state index contributed by atoms with van der Waals surface area (Å²) in [5, 5.41) is 10.2. The molecule has 3 rings (SSSR count). The van der Waals surface area contributed by atoms with Gasteiger partial charge in [0.25, 0.3) is 0 Å². The van der Waals surface area contributed by atoms with Gasteiger partial charge in [0.2, 0.25) is 0 Å². The first-order chi connectivity index (χ1) is 11.4. The summed E-state index contributed by atoms with van der Waals surface area (Å²) in [6, 6.07) is 10.9. The van der Waals surface area contributed by atoms with Gasteiger partial charge in [0.1, 0.15) is 17.3 Å². The molecule has 0 saturated carbocycles. The minimum atomic E-state index is -0.297. The Hall–Kier alpha value is -2.30. The molecule has 0 fully saturated rings. The molecule has 0 amide bonds. The van der Waals surface area contributed by atoms with Crippen LogP contribution in [0.3, 0.4) is 0 Å². The lowest BCUT2D eigenvalue weighted by Gasteiger charge is -2.18. The predicted octanol–water partition coefficient (Wildman–Crippen LogP) is 4.60. The minimum absolute atomic E-state index is 0.0193. The van der Waals surface area contributed by atoms with Crippen molar-refractivity contribution in [1.82, 2.24) is 4.98 Å². The summed E-state index contributed by atoms with van der Waals surface area (Å²) in [6.07, 6.45) is 3.47. The van der Waals surface area contributed by atoms with E-state index in [1.165, 1.54) is 0 Å². The molecule has 3 aromatic rings. The van der Waals surface area contributed by atoms with E-state index in [2.05, 4.69) is 4.98 Å². The molecule has 2 aromatic heterocycles. The molecule has 0 spiro atoms. The zero-order chi connectivity index (χ0) is 17.3. The Morgan fingerprint density at radius 3 is 2.46 bits per heavy atom. The van der Waals surface area contributed by atoms with Crippen LogP contribution < -0.4 is 5.73 Å². The van der Waals surface area contributed by atoms with Crippen LogP contribution in [0.4, 0.5) is 0 Å². The molecule has 0 aliphatic carbocycles. The Kier molecular flexibility index (Phi) is 4.35. The van der Waals surface area contributed by atoms with Crippen molar-refractivity contribution in [2.75, 3.05) is 6.54 Å². The summed E-state index contributed by atoms with van der Waals surface area (Å²) in [5.74, 6) is 1.48. The van der Waals surface area contributed by atoms with Gasteiger partial charge in [0.15, 0.2) is 0 Å². The van der Waals surface area contributed by atoms with Crippen LogP contribution in [0.1, 0.15) is 19.6 Å². The molecular formula is C19H19ClN2O2. The number of furan rings is 1. The normalized spacial score (nSPS) is 11.7. The Labute approximate surface area is 145 Å².